The number of hydrogen-bond acceptors (Lipinski definition) is 2. The Kier molecular flexibility index (Phi) is 3.81. The Bertz CT molecular complexity index is 396. The summed E-state index contributed by atoms with van der Waals surface area (Å²) in [5.74, 6) is 2.80. The van der Waals surface area contributed by atoms with Crippen LogP contribution in [0, 0.1) is 11.8 Å². The summed E-state index contributed by atoms with van der Waals surface area (Å²) in [6.07, 6.45) is 13.5. The largest absolute Gasteiger partial charge is 0.353 e. The van der Waals surface area contributed by atoms with Crippen molar-refractivity contribution in [3.8, 4) is 0 Å². The van der Waals surface area contributed by atoms with E-state index in [0.717, 1.165) is 17.8 Å². The number of nitrogens with zero attached hydrogens (tertiary/aromatic N) is 2. The smallest absolute Gasteiger partial charge is 0.203 e. The first-order valence-corrected chi connectivity index (χ1v) is 8.01. The number of nitrogens with one attached hydrogen (secondary N) is 1. The molecule has 2 unspecified atom stereocenters. The first-order chi connectivity index (χ1) is 9.22. The van der Waals surface area contributed by atoms with Crippen molar-refractivity contribution in [1.82, 2.24) is 9.55 Å². The van der Waals surface area contributed by atoms with Crippen LogP contribution >= 0.6 is 0 Å². The van der Waals surface area contributed by atoms with Crippen molar-refractivity contribution in [3.63, 3.8) is 0 Å². The van der Waals surface area contributed by atoms with E-state index in [4.69, 9.17) is 0 Å². The minimum absolute atomic E-state index is 0.644. The van der Waals surface area contributed by atoms with Crippen molar-refractivity contribution < 1.29 is 0 Å². The molecule has 0 amide bonds. The van der Waals surface area contributed by atoms with Gasteiger partial charge in [0.15, 0.2) is 0 Å². The maximum atomic E-state index is 4.56. The van der Waals surface area contributed by atoms with Crippen LogP contribution in [0.3, 0.4) is 0 Å². The Morgan fingerprint density at radius 2 is 1.79 bits per heavy atom. The summed E-state index contributed by atoms with van der Waals surface area (Å²) in [6.45, 7) is 4.79. The fourth-order valence-electron chi connectivity index (χ4n) is 4.10. The van der Waals surface area contributed by atoms with Crippen LogP contribution in [-0.2, 0) is 0 Å². The van der Waals surface area contributed by atoms with Gasteiger partial charge in [-0.25, -0.2) is 4.98 Å². The molecule has 19 heavy (non-hydrogen) atoms. The molecule has 0 radical (unpaired) electrons. The Hall–Kier alpha value is -0.990. The average Bonchev–Trinajstić information content (AvgIpc) is 2.99. The van der Waals surface area contributed by atoms with E-state index in [1.54, 1.807) is 0 Å². The molecule has 0 aromatic carbocycles. The van der Waals surface area contributed by atoms with Gasteiger partial charge in [0.2, 0.25) is 5.95 Å². The van der Waals surface area contributed by atoms with E-state index in [9.17, 15) is 0 Å². The highest BCUT2D eigenvalue weighted by Crippen LogP contribution is 2.37. The lowest BCUT2D eigenvalue weighted by molar-refractivity contribution is 0.222. The summed E-state index contributed by atoms with van der Waals surface area (Å²) < 4.78 is 2.41. The van der Waals surface area contributed by atoms with Gasteiger partial charge in [0.05, 0.1) is 0 Å². The second-order valence-electron chi connectivity index (χ2n) is 6.86. The monoisotopic (exact) mass is 261 g/mol. The first kappa shape index (κ1) is 13.0. The summed E-state index contributed by atoms with van der Waals surface area (Å²) in [4.78, 5) is 4.56. The molecule has 0 bridgehead atoms. The highest BCUT2D eigenvalue weighted by molar-refractivity contribution is 5.29. The van der Waals surface area contributed by atoms with Crippen molar-refractivity contribution in [1.29, 1.82) is 0 Å². The van der Waals surface area contributed by atoms with Crippen LogP contribution in [0.2, 0.25) is 0 Å². The average molecular weight is 261 g/mol. The van der Waals surface area contributed by atoms with Crippen molar-refractivity contribution in [2.45, 2.75) is 70.9 Å². The highest BCUT2D eigenvalue weighted by atomic mass is 15.2. The number of hydrogen-bond donors (Lipinski definition) is 1. The molecular formula is C16H27N3. The molecule has 1 aromatic heterocycles. The highest BCUT2D eigenvalue weighted by Gasteiger charge is 2.27. The number of aromatic nitrogens is 2. The SMILES string of the molecule is CC1CC(C)CC(n2ccnc2NC2CCCC2)C1. The van der Waals surface area contributed by atoms with Gasteiger partial charge in [-0.2, -0.15) is 0 Å². The van der Waals surface area contributed by atoms with Crippen LogP contribution in [0.4, 0.5) is 5.95 Å². The normalized spacial score (nSPS) is 32.6. The van der Waals surface area contributed by atoms with E-state index in [1.165, 1.54) is 44.9 Å². The van der Waals surface area contributed by atoms with Gasteiger partial charge < -0.3 is 9.88 Å². The van der Waals surface area contributed by atoms with E-state index >= 15 is 0 Å². The van der Waals surface area contributed by atoms with Crippen molar-refractivity contribution in [2.75, 3.05) is 5.32 Å². The molecular weight excluding hydrogens is 234 g/mol. The molecule has 2 aliphatic rings. The van der Waals surface area contributed by atoms with Crippen LogP contribution in [0.5, 0.6) is 0 Å². The molecule has 0 spiro atoms. The van der Waals surface area contributed by atoms with Gasteiger partial charge in [-0.1, -0.05) is 26.7 Å². The number of anilines is 1. The van der Waals surface area contributed by atoms with Gasteiger partial charge in [-0.3, -0.25) is 0 Å². The number of rotatable bonds is 3. The minimum Gasteiger partial charge on any atom is -0.353 e. The molecule has 2 aliphatic carbocycles. The van der Waals surface area contributed by atoms with E-state index in [2.05, 4.69) is 34.9 Å². The molecule has 0 saturated heterocycles. The van der Waals surface area contributed by atoms with Crippen molar-refractivity contribution in [2.24, 2.45) is 11.8 Å². The topological polar surface area (TPSA) is 29.9 Å². The van der Waals surface area contributed by atoms with Crippen LogP contribution in [0.15, 0.2) is 12.4 Å². The lowest BCUT2D eigenvalue weighted by Gasteiger charge is -2.33. The first-order valence-electron chi connectivity index (χ1n) is 8.01. The number of imidazole rings is 1. The summed E-state index contributed by atoms with van der Waals surface area (Å²) in [5.41, 5.74) is 0. The predicted molar refractivity (Wildman–Crippen MR) is 79.3 cm³/mol. The van der Waals surface area contributed by atoms with E-state index in [0.29, 0.717) is 12.1 Å². The zero-order valence-electron chi connectivity index (χ0n) is 12.3. The summed E-state index contributed by atoms with van der Waals surface area (Å²) in [7, 11) is 0. The van der Waals surface area contributed by atoms with Crippen LogP contribution in [-0.4, -0.2) is 15.6 Å². The molecule has 1 heterocycles. The van der Waals surface area contributed by atoms with Gasteiger partial charge in [-0.05, 0) is 43.9 Å². The molecule has 0 aliphatic heterocycles. The van der Waals surface area contributed by atoms with Gasteiger partial charge >= 0.3 is 0 Å². The van der Waals surface area contributed by atoms with Crippen molar-refractivity contribution in [3.05, 3.63) is 12.4 Å². The standard InChI is InChI=1S/C16H27N3/c1-12-9-13(2)11-15(10-12)19-8-7-17-16(19)18-14-5-3-4-6-14/h7-8,12-15H,3-6,9-11H2,1-2H3,(H,17,18). The summed E-state index contributed by atoms with van der Waals surface area (Å²) in [6, 6.07) is 1.30. The third kappa shape index (κ3) is 2.96. The van der Waals surface area contributed by atoms with Crippen LogP contribution in [0.25, 0.3) is 0 Å². The predicted octanol–water partition coefficient (Wildman–Crippen LogP) is 4.23. The zero-order chi connectivity index (χ0) is 13.2. The van der Waals surface area contributed by atoms with Gasteiger partial charge in [0, 0.05) is 24.5 Å². The molecule has 1 aromatic rings. The lowest BCUT2D eigenvalue weighted by Crippen LogP contribution is -2.25. The lowest BCUT2D eigenvalue weighted by atomic mass is 9.80. The van der Waals surface area contributed by atoms with E-state index < -0.39 is 0 Å². The molecule has 3 rings (SSSR count). The third-order valence-electron chi connectivity index (χ3n) is 4.90. The van der Waals surface area contributed by atoms with Gasteiger partial charge in [-0.15, -0.1) is 0 Å². The van der Waals surface area contributed by atoms with Crippen LogP contribution in [0.1, 0.15) is 64.8 Å². The molecule has 3 nitrogen and oxygen atoms in total. The Labute approximate surface area is 116 Å². The maximum Gasteiger partial charge on any atom is 0.203 e. The van der Waals surface area contributed by atoms with Gasteiger partial charge in [0.1, 0.15) is 0 Å². The molecule has 2 atom stereocenters. The van der Waals surface area contributed by atoms with E-state index in [1.807, 2.05) is 6.20 Å². The molecule has 2 saturated carbocycles. The third-order valence-corrected chi connectivity index (χ3v) is 4.90. The molecule has 106 valence electrons. The fraction of sp³-hybridized carbons (Fsp3) is 0.812. The van der Waals surface area contributed by atoms with Crippen LogP contribution < -0.4 is 5.32 Å². The summed E-state index contributed by atoms with van der Waals surface area (Å²) in [5, 5.41) is 3.67. The Morgan fingerprint density at radius 1 is 1.11 bits per heavy atom. The second-order valence-corrected chi connectivity index (χ2v) is 6.86. The molecule has 3 heteroatoms. The van der Waals surface area contributed by atoms with Crippen molar-refractivity contribution >= 4 is 5.95 Å². The maximum absolute atomic E-state index is 4.56. The molecule has 2 fully saturated rings. The quantitative estimate of drug-likeness (QED) is 0.882. The zero-order valence-corrected chi connectivity index (χ0v) is 12.3. The summed E-state index contributed by atoms with van der Waals surface area (Å²) >= 11 is 0. The Morgan fingerprint density at radius 3 is 2.47 bits per heavy atom. The fourth-order valence-corrected chi connectivity index (χ4v) is 4.10. The Balaban J connectivity index is 1.71. The second kappa shape index (κ2) is 5.56. The molecule has 1 N–H and O–H groups in total. The van der Waals surface area contributed by atoms with Gasteiger partial charge in [0.25, 0.3) is 0 Å². The minimum atomic E-state index is 0.644. The van der Waals surface area contributed by atoms with E-state index in [-0.39, 0.29) is 0 Å².